The Morgan fingerprint density at radius 3 is 2.47 bits per heavy atom. The quantitative estimate of drug-likeness (QED) is 0.464. The van der Waals surface area contributed by atoms with E-state index in [1.165, 1.54) is 42.7 Å². The first kappa shape index (κ1) is 23.0. The molecule has 0 aliphatic rings. The van der Waals surface area contributed by atoms with Gasteiger partial charge in [0.25, 0.3) is 5.91 Å². The molecule has 4 N–H and O–H groups in total. The van der Waals surface area contributed by atoms with Gasteiger partial charge in [-0.2, -0.15) is 0 Å². The molecule has 2 rings (SSSR count). The number of aromatic nitrogens is 1. The Kier molecular flexibility index (Phi) is 7.62. The Hall–Kier alpha value is -3.30. The molecule has 0 aliphatic carbocycles. The van der Waals surface area contributed by atoms with E-state index in [-0.39, 0.29) is 11.7 Å². The van der Waals surface area contributed by atoms with Gasteiger partial charge in [0.2, 0.25) is 0 Å². The second kappa shape index (κ2) is 9.95. The largest absolute Gasteiger partial charge is 0.573 e. The Balaban J connectivity index is 2.08. The molecule has 162 valence electrons. The summed E-state index contributed by atoms with van der Waals surface area (Å²) in [5, 5.41) is 5.66. The Morgan fingerprint density at radius 2 is 1.87 bits per heavy atom. The maximum atomic E-state index is 12.7. The molecule has 0 saturated carbocycles. The third-order valence-electron chi connectivity index (χ3n) is 3.92. The van der Waals surface area contributed by atoms with Crippen molar-refractivity contribution in [3.63, 3.8) is 0 Å². The summed E-state index contributed by atoms with van der Waals surface area (Å²) in [6.45, 7) is 6.25. The number of guanidine groups is 1. The maximum Gasteiger partial charge on any atom is 0.573 e. The maximum absolute atomic E-state index is 12.7. The zero-order valence-corrected chi connectivity index (χ0v) is 16.8. The van der Waals surface area contributed by atoms with Gasteiger partial charge in [-0.05, 0) is 36.6 Å². The van der Waals surface area contributed by atoms with Gasteiger partial charge in [-0.1, -0.05) is 26.0 Å². The molecule has 0 spiro atoms. The number of aliphatic imine (C=N–C) groups is 1. The fourth-order valence-electron chi connectivity index (χ4n) is 2.47. The van der Waals surface area contributed by atoms with Crippen LogP contribution in [0.4, 0.5) is 18.9 Å². The molecule has 10 heteroatoms. The van der Waals surface area contributed by atoms with Crippen LogP contribution in [0.5, 0.6) is 5.75 Å². The van der Waals surface area contributed by atoms with Crippen molar-refractivity contribution in [3.05, 3.63) is 53.9 Å². The molecule has 0 aliphatic heterocycles. The molecule has 2 aromatic rings. The highest BCUT2D eigenvalue weighted by molar-refractivity contribution is 6.04. The third-order valence-corrected chi connectivity index (χ3v) is 3.92. The summed E-state index contributed by atoms with van der Waals surface area (Å²) in [5.74, 6) is -0.240. The first-order valence-corrected chi connectivity index (χ1v) is 9.22. The van der Waals surface area contributed by atoms with Gasteiger partial charge in [0.05, 0.1) is 23.5 Å². The fourth-order valence-corrected chi connectivity index (χ4v) is 2.47. The highest BCUT2D eigenvalue weighted by Gasteiger charge is 2.31. The van der Waals surface area contributed by atoms with Crippen LogP contribution in [0.2, 0.25) is 0 Å². The van der Waals surface area contributed by atoms with Gasteiger partial charge in [0, 0.05) is 12.7 Å². The summed E-state index contributed by atoms with van der Waals surface area (Å²) in [5.41, 5.74) is 7.16. The van der Waals surface area contributed by atoms with Crippen LogP contribution in [-0.4, -0.2) is 29.8 Å². The molecule has 7 nitrogen and oxygen atoms in total. The van der Waals surface area contributed by atoms with E-state index in [1.807, 2.05) is 13.8 Å². The smallest absolute Gasteiger partial charge is 0.406 e. The number of benzene rings is 1. The molecule has 1 heterocycles. The standard InChI is InChI=1S/C20H24F3N5O2/c1-12(2)10-26-19(24)28-17-11-25-9-8-16(17)18(29)27-13(3)14-4-6-15(7-5-14)30-20(21,22)23/h4-9,11-13H,10H2,1-3H3,(H,27,29)(H3,24,26,28)/t13-/m1/s1. The fraction of sp³-hybridized carbons (Fsp3) is 0.350. The Labute approximate surface area is 172 Å². The summed E-state index contributed by atoms with van der Waals surface area (Å²) in [6, 6.07) is 6.35. The minimum Gasteiger partial charge on any atom is -0.406 e. The monoisotopic (exact) mass is 423 g/mol. The van der Waals surface area contributed by atoms with Crippen LogP contribution in [0.25, 0.3) is 0 Å². The van der Waals surface area contributed by atoms with Crippen molar-refractivity contribution in [1.82, 2.24) is 10.3 Å². The van der Waals surface area contributed by atoms with E-state index < -0.39 is 18.3 Å². The normalized spacial score (nSPS) is 13.1. The van der Waals surface area contributed by atoms with Crippen LogP contribution >= 0.6 is 0 Å². The molecule has 1 aromatic carbocycles. The molecule has 0 bridgehead atoms. The van der Waals surface area contributed by atoms with E-state index >= 15 is 0 Å². The van der Waals surface area contributed by atoms with Crippen LogP contribution in [0.3, 0.4) is 0 Å². The summed E-state index contributed by atoms with van der Waals surface area (Å²) >= 11 is 0. The minimum absolute atomic E-state index is 0.166. The van der Waals surface area contributed by atoms with Gasteiger partial charge >= 0.3 is 6.36 Å². The first-order valence-electron chi connectivity index (χ1n) is 9.22. The first-order chi connectivity index (χ1) is 14.0. The van der Waals surface area contributed by atoms with E-state index in [2.05, 4.69) is 25.3 Å². The topological polar surface area (TPSA) is 102 Å². The van der Waals surface area contributed by atoms with Crippen molar-refractivity contribution in [2.24, 2.45) is 16.6 Å². The van der Waals surface area contributed by atoms with Crippen LogP contribution < -0.4 is 21.1 Å². The average Bonchev–Trinajstić information content (AvgIpc) is 2.66. The van der Waals surface area contributed by atoms with Crippen LogP contribution in [0.15, 0.2) is 47.7 Å². The summed E-state index contributed by atoms with van der Waals surface area (Å²) in [4.78, 5) is 20.9. The highest BCUT2D eigenvalue weighted by atomic mass is 19.4. The molecule has 0 radical (unpaired) electrons. The van der Waals surface area contributed by atoms with E-state index in [4.69, 9.17) is 5.73 Å². The number of hydrogen-bond donors (Lipinski definition) is 3. The zero-order chi connectivity index (χ0) is 22.3. The lowest BCUT2D eigenvalue weighted by molar-refractivity contribution is -0.274. The molecule has 1 atom stereocenters. The number of nitrogens with two attached hydrogens (primary N) is 1. The van der Waals surface area contributed by atoms with Gasteiger partial charge in [0.15, 0.2) is 5.96 Å². The second-order valence-corrected chi connectivity index (χ2v) is 6.98. The predicted molar refractivity (Wildman–Crippen MR) is 108 cm³/mol. The number of hydrogen-bond acceptors (Lipinski definition) is 4. The van der Waals surface area contributed by atoms with E-state index in [9.17, 15) is 18.0 Å². The van der Waals surface area contributed by atoms with Gasteiger partial charge in [-0.3, -0.25) is 14.8 Å². The summed E-state index contributed by atoms with van der Waals surface area (Å²) in [7, 11) is 0. The molecular weight excluding hydrogens is 399 g/mol. The number of amides is 1. The number of pyridine rings is 1. The van der Waals surface area contributed by atoms with Crippen molar-refractivity contribution in [2.75, 3.05) is 11.9 Å². The average molecular weight is 423 g/mol. The number of nitrogens with zero attached hydrogens (tertiary/aromatic N) is 2. The third kappa shape index (κ3) is 7.26. The van der Waals surface area contributed by atoms with Crippen molar-refractivity contribution >= 4 is 17.6 Å². The SMILES string of the molecule is CC(C)CN=C(N)Nc1cnccc1C(=O)N[C@H](C)c1ccc(OC(F)(F)F)cc1. The van der Waals surface area contributed by atoms with E-state index in [0.717, 1.165) is 0 Å². The number of halogens is 3. The number of rotatable bonds is 7. The molecule has 30 heavy (non-hydrogen) atoms. The number of anilines is 1. The Morgan fingerprint density at radius 1 is 1.20 bits per heavy atom. The van der Waals surface area contributed by atoms with Gasteiger partial charge in [-0.15, -0.1) is 13.2 Å². The molecular formula is C20H24F3N5O2. The highest BCUT2D eigenvalue weighted by Crippen LogP contribution is 2.24. The summed E-state index contributed by atoms with van der Waals surface area (Å²) in [6.07, 6.45) is -1.83. The number of nitrogens with one attached hydrogen (secondary N) is 2. The lowest BCUT2D eigenvalue weighted by atomic mass is 10.1. The molecule has 0 unspecified atom stereocenters. The van der Waals surface area contributed by atoms with Crippen molar-refractivity contribution in [1.29, 1.82) is 0 Å². The summed E-state index contributed by atoms with van der Waals surface area (Å²) < 4.78 is 40.7. The van der Waals surface area contributed by atoms with Gasteiger partial charge in [-0.25, -0.2) is 0 Å². The number of ether oxygens (including phenoxy) is 1. The van der Waals surface area contributed by atoms with E-state index in [0.29, 0.717) is 29.3 Å². The van der Waals surface area contributed by atoms with Gasteiger partial charge in [0.1, 0.15) is 5.75 Å². The molecule has 0 fully saturated rings. The lowest BCUT2D eigenvalue weighted by Crippen LogP contribution is -2.29. The van der Waals surface area contributed by atoms with Crippen LogP contribution in [0.1, 0.15) is 42.7 Å². The number of carbonyl (C=O) groups excluding carboxylic acids is 1. The van der Waals surface area contributed by atoms with E-state index in [1.54, 1.807) is 6.92 Å². The number of carbonyl (C=O) groups is 1. The molecule has 0 saturated heterocycles. The minimum atomic E-state index is -4.76. The number of alkyl halides is 3. The van der Waals surface area contributed by atoms with Crippen molar-refractivity contribution in [2.45, 2.75) is 33.2 Å². The molecule has 1 amide bonds. The van der Waals surface area contributed by atoms with Crippen LogP contribution in [-0.2, 0) is 0 Å². The van der Waals surface area contributed by atoms with Crippen LogP contribution in [0, 0.1) is 5.92 Å². The van der Waals surface area contributed by atoms with Crippen molar-refractivity contribution in [3.8, 4) is 5.75 Å². The Bertz CT molecular complexity index is 883. The lowest BCUT2D eigenvalue weighted by Gasteiger charge is -2.17. The zero-order valence-electron chi connectivity index (χ0n) is 16.8. The molecule has 1 aromatic heterocycles. The second-order valence-electron chi connectivity index (χ2n) is 6.98. The van der Waals surface area contributed by atoms with Crippen molar-refractivity contribution < 1.29 is 22.7 Å². The van der Waals surface area contributed by atoms with Gasteiger partial charge < -0.3 is 21.1 Å². The predicted octanol–water partition coefficient (Wildman–Crippen LogP) is 3.85.